The van der Waals surface area contributed by atoms with E-state index >= 15 is 0 Å². The van der Waals surface area contributed by atoms with Crippen molar-refractivity contribution in [2.45, 2.75) is 12.8 Å². The Labute approximate surface area is 164 Å². The van der Waals surface area contributed by atoms with E-state index < -0.39 is 11.6 Å². The van der Waals surface area contributed by atoms with Crippen LogP contribution in [-0.2, 0) is 4.79 Å². The summed E-state index contributed by atoms with van der Waals surface area (Å²) in [6, 6.07) is 9.17. The van der Waals surface area contributed by atoms with Crippen LogP contribution in [0.1, 0.15) is 12.8 Å². The first-order valence-electron chi connectivity index (χ1n) is 8.99. The van der Waals surface area contributed by atoms with Gasteiger partial charge in [-0.25, -0.2) is 13.8 Å². The van der Waals surface area contributed by atoms with Crippen molar-refractivity contribution in [1.82, 2.24) is 4.98 Å². The number of methoxy groups -OCH3 is 1. The Hall–Kier alpha value is -2.74. The van der Waals surface area contributed by atoms with Gasteiger partial charge in [0, 0.05) is 30.8 Å². The van der Waals surface area contributed by atoms with Gasteiger partial charge in [0.1, 0.15) is 5.75 Å². The third-order valence-electron chi connectivity index (χ3n) is 4.91. The van der Waals surface area contributed by atoms with E-state index in [-0.39, 0.29) is 17.5 Å². The largest absolute Gasteiger partial charge is 0.497 e. The van der Waals surface area contributed by atoms with E-state index in [1.807, 2.05) is 18.2 Å². The highest BCUT2D eigenvalue weighted by Crippen LogP contribution is 2.33. The van der Waals surface area contributed by atoms with Crippen molar-refractivity contribution in [2.75, 3.05) is 30.4 Å². The van der Waals surface area contributed by atoms with Crippen molar-refractivity contribution in [1.29, 1.82) is 0 Å². The zero-order valence-corrected chi connectivity index (χ0v) is 16.1. The molecule has 0 saturated carbocycles. The maximum Gasteiger partial charge on any atom is 0.227 e. The minimum atomic E-state index is -0.972. The van der Waals surface area contributed by atoms with Gasteiger partial charge in [-0.3, -0.25) is 4.79 Å². The second-order valence-corrected chi connectivity index (χ2v) is 7.72. The third kappa shape index (κ3) is 3.77. The molecule has 1 amide bonds. The van der Waals surface area contributed by atoms with Crippen LogP contribution in [0.4, 0.5) is 19.6 Å². The molecular weight excluding hydrogens is 384 g/mol. The molecule has 146 valence electrons. The molecule has 1 fully saturated rings. The van der Waals surface area contributed by atoms with Crippen LogP contribution in [-0.4, -0.2) is 31.1 Å². The van der Waals surface area contributed by atoms with Gasteiger partial charge in [-0.1, -0.05) is 11.3 Å². The number of amides is 1. The summed E-state index contributed by atoms with van der Waals surface area (Å²) in [5.41, 5.74) is 1.20. The maximum atomic E-state index is 13.3. The second-order valence-electron chi connectivity index (χ2n) is 6.71. The van der Waals surface area contributed by atoms with E-state index in [1.54, 1.807) is 18.4 Å². The molecule has 0 aliphatic carbocycles. The molecule has 1 aromatic heterocycles. The molecule has 8 heteroatoms. The van der Waals surface area contributed by atoms with Gasteiger partial charge in [0.05, 0.1) is 17.3 Å². The Morgan fingerprint density at radius 2 is 1.96 bits per heavy atom. The SMILES string of the molecule is COc1ccc2nc(N3CCC(C(=O)Nc4ccc(F)c(F)c4)CC3)sc2c1. The van der Waals surface area contributed by atoms with E-state index in [4.69, 9.17) is 4.74 Å². The van der Waals surface area contributed by atoms with Crippen molar-refractivity contribution in [3.63, 3.8) is 0 Å². The molecule has 1 N–H and O–H groups in total. The first-order chi connectivity index (χ1) is 13.5. The lowest BCUT2D eigenvalue weighted by atomic mass is 9.96. The second kappa shape index (κ2) is 7.71. The van der Waals surface area contributed by atoms with E-state index in [1.165, 1.54) is 6.07 Å². The van der Waals surface area contributed by atoms with Crippen molar-refractivity contribution < 1.29 is 18.3 Å². The van der Waals surface area contributed by atoms with Gasteiger partial charge in [-0.15, -0.1) is 0 Å². The summed E-state index contributed by atoms with van der Waals surface area (Å²) in [5.74, 6) is -1.44. The molecule has 0 atom stereocenters. The molecule has 2 aromatic carbocycles. The number of ether oxygens (including phenoxy) is 1. The maximum absolute atomic E-state index is 13.3. The molecule has 0 unspecified atom stereocenters. The molecule has 0 bridgehead atoms. The first-order valence-corrected chi connectivity index (χ1v) is 9.80. The number of aromatic nitrogens is 1. The van der Waals surface area contributed by atoms with Crippen molar-refractivity contribution in [3.8, 4) is 5.75 Å². The number of piperidine rings is 1. The van der Waals surface area contributed by atoms with E-state index in [9.17, 15) is 13.6 Å². The number of fused-ring (bicyclic) bond motifs is 1. The predicted octanol–water partition coefficient (Wildman–Crippen LogP) is 4.44. The van der Waals surface area contributed by atoms with Gasteiger partial charge in [-0.2, -0.15) is 0 Å². The number of rotatable bonds is 4. The third-order valence-corrected chi connectivity index (χ3v) is 5.99. The van der Waals surface area contributed by atoms with E-state index in [2.05, 4.69) is 15.2 Å². The van der Waals surface area contributed by atoms with Crippen LogP contribution in [0.5, 0.6) is 5.75 Å². The Morgan fingerprint density at radius 3 is 2.68 bits per heavy atom. The molecule has 1 aliphatic rings. The average Bonchev–Trinajstić information content (AvgIpc) is 3.14. The van der Waals surface area contributed by atoms with Crippen molar-refractivity contribution in [2.24, 2.45) is 5.92 Å². The predicted molar refractivity (Wildman–Crippen MR) is 106 cm³/mol. The molecule has 4 rings (SSSR count). The minimum Gasteiger partial charge on any atom is -0.497 e. The van der Waals surface area contributed by atoms with Crippen LogP contribution in [0.15, 0.2) is 36.4 Å². The summed E-state index contributed by atoms with van der Waals surface area (Å²) in [4.78, 5) is 19.3. The number of halogens is 2. The summed E-state index contributed by atoms with van der Waals surface area (Å²) in [7, 11) is 1.64. The highest BCUT2D eigenvalue weighted by Gasteiger charge is 2.26. The number of nitrogens with one attached hydrogen (secondary N) is 1. The molecule has 0 radical (unpaired) electrons. The van der Waals surface area contributed by atoms with Gasteiger partial charge in [0.25, 0.3) is 0 Å². The summed E-state index contributed by atoms with van der Waals surface area (Å²) < 4.78 is 32.6. The quantitative estimate of drug-likeness (QED) is 0.700. The topological polar surface area (TPSA) is 54.5 Å². The van der Waals surface area contributed by atoms with Gasteiger partial charge in [-0.05, 0) is 43.2 Å². The van der Waals surface area contributed by atoms with Crippen LogP contribution < -0.4 is 15.0 Å². The number of carbonyl (C=O) groups is 1. The molecule has 1 aliphatic heterocycles. The molecular formula is C20H19F2N3O2S. The smallest absolute Gasteiger partial charge is 0.227 e. The van der Waals surface area contributed by atoms with Crippen molar-refractivity contribution in [3.05, 3.63) is 48.0 Å². The summed E-state index contributed by atoms with van der Waals surface area (Å²) in [6.45, 7) is 1.43. The van der Waals surface area contributed by atoms with Crippen LogP contribution in [0.2, 0.25) is 0 Å². The Morgan fingerprint density at radius 1 is 1.18 bits per heavy atom. The molecule has 1 saturated heterocycles. The number of carbonyl (C=O) groups excluding carboxylic acids is 1. The highest BCUT2D eigenvalue weighted by molar-refractivity contribution is 7.22. The van der Waals surface area contributed by atoms with Gasteiger partial charge >= 0.3 is 0 Å². The number of anilines is 2. The number of nitrogens with zero attached hydrogens (tertiary/aromatic N) is 2. The fourth-order valence-corrected chi connectivity index (χ4v) is 4.35. The lowest BCUT2D eigenvalue weighted by Crippen LogP contribution is -2.38. The summed E-state index contributed by atoms with van der Waals surface area (Å²) >= 11 is 1.61. The monoisotopic (exact) mass is 403 g/mol. The highest BCUT2D eigenvalue weighted by atomic mass is 32.1. The standard InChI is InChI=1S/C20H19F2N3O2S/c1-27-14-3-5-17-18(11-14)28-20(24-17)25-8-6-12(7-9-25)19(26)23-13-2-4-15(21)16(22)10-13/h2-5,10-12H,6-9H2,1H3,(H,23,26). The Kier molecular flexibility index (Phi) is 5.13. The van der Waals surface area contributed by atoms with Crippen LogP contribution in [0.25, 0.3) is 10.2 Å². The lowest BCUT2D eigenvalue weighted by molar-refractivity contribution is -0.120. The Balaban J connectivity index is 1.38. The Bertz CT molecular complexity index is 1020. The summed E-state index contributed by atoms with van der Waals surface area (Å²) in [5, 5.41) is 3.61. The van der Waals surface area contributed by atoms with Crippen molar-refractivity contribution >= 4 is 38.3 Å². The number of thiazole rings is 1. The van der Waals surface area contributed by atoms with Crippen LogP contribution in [0.3, 0.4) is 0 Å². The average molecular weight is 403 g/mol. The normalized spacial score (nSPS) is 15.0. The molecule has 3 aromatic rings. The minimum absolute atomic E-state index is 0.167. The van der Waals surface area contributed by atoms with Gasteiger partial charge in [0.2, 0.25) is 5.91 Å². The molecule has 0 spiro atoms. The number of hydrogen-bond acceptors (Lipinski definition) is 5. The van der Waals surface area contributed by atoms with Gasteiger partial charge in [0.15, 0.2) is 16.8 Å². The molecule has 2 heterocycles. The van der Waals surface area contributed by atoms with Crippen LogP contribution in [0, 0.1) is 17.6 Å². The molecule has 5 nitrogen and oxygen atoms in total. The number of benzene rings is 2. The number of hydrogen-bond donors (Lipinski definition) is 1. The zero-order valence-electron chi connectivity index (χ0n) is 15.2. The summed E-state index contributed by atoms with van der Waals surface area (Å²) in [6.07, 6.45) is 1.35. The fourth-order valence-electron chi connectivity index (χ4n) is 3.31. The fraction of sp³-hybridized carbons (Fsp3) is 0.300. The lowest BCUT2D eigenvalue weighted by Gasteiger charge is -2.31. The van der Waals surface area contributed by atoms with Gasteiger partial charge < -0.3 is 15.0 Å². The first kappa shape index (κ1) is 18.6. The van der Waals surface area contributed by atoms with E-state index in [0.717, 1.165) is 33.2 Å². The van der Waals surface area contributed by atoms with E-state index in [0.29, 0.717) is 25.9 Å². The van der Waals surface area contributed by atoms with Crippen LogP contribution >= 0.6 is 11.3 Å². The molecule has 28 heavy (non-hydrogen) atoms. The zero-order chi connectivity index (χ0) is 19.7.